The van der Waals surface area contributed by atoms with Crippen LogP contribution in [0.5, 0.6) is 0 Å². The SMILES string of the molecule is CC=C(C)C(=O)OCC1C2=C(CC3C4C5=C(C(=O)C(C)=C(OC)C5=O)C(O)C(C(CC(C)=O)N13)N4C)C(=O)C(C)=C(OC)C2=O. The van der Waals surface area contributed by atoms with Crippen molar-refractivity contribution < 1.29 is 48.1 Å². The summed E-state index contributed by atoms with van der Waals surface area (Å²) in [5, 5.41) is 11.8. The number of hydrogen-bond acceptors (Lipinski definition) is 12. The Bertz CT molecular complexity index is 1610. The van der Waals surface area contributed by atoms with Crippen LogP contribution in [-0.4, -0.2) is 114 Å². The maximum absolute atomic E-state index is 14.0. The minimum atomic E-state index is -1.47. The molecule has 2 aliphatic carbocycles. The van der Waals surface area contributed by atoms with E-state index < -0.39 is 65.4 Å². The average Bonchev–Trinajstić information content (AvgIpc) is 2.99. The predicted octanol–water partition coefficient (Wildman–Crippen LogP) is 1.08. The highest BCUT2D eigenvalue weighted by Crippen LogP contribution is 2.49. The smallest absolute Gasteiger partial charge is 0.333 e. The quantitative estimate of drug-likeness (QED) is 0.245. The molecule has 3 aliphatic heterocycles. The van der Waals surface area contributed by atoms with Crippen LogP contribution < -0.4 is 0 Å². The van der Waals surface area contributed by atoms with Crippen molar-refractivity contribution in [3.8, 4) is 0 Å². The van der Waals surface area contributed by atoms with Gasteiger partial charge < -0.3 is 19.3 Å². The number of fused-ring (bicyclic) bond motifs is 5. The largest absolute Gasteiger partial charge is 0.492 e. The van der Waals surface area contributed by atoms with E-state index in [9.17, 15) is 33.9 Å². The van der Waals surface area contributed by atoms with E-state index in [4.69, 9.17) is 14.2 Å². The molecule has 12 nitrogen and oxygen atoms in total. The van der Waals surface area contributed by atoms with Gasteiger partial charge in [-0.1, -0.05) is 6.08 Å². The molecule has 0 aromatic heterocycles. The molecule has 45 heavy (non-hydrogen) atoms. The van der Waals surface area contributed by atoms with E-state index >= 15 is 0 Å². The van der Waals surface area contributed by atoms with Gasteiger partial charge >= 0.3 is 5.97 Å². The molecule has 12 heteroatoms. The molecule has 0 spiro atoms. The summed E-state index contributed by atoms with van der Waals surface area (Å²) in [4.78, 5) is 84.8. The van der Waals surface area contributed by atoms with Crippen molar-refractivity contribution in [1.82, 2.24) is 9.80 Å². The topological polar surface area (TPSA) is 157 Å². The Labute approximate surface area is 261 Å². The third kappa shape index (κ3) is 4.69. The van der Waals surface area contributed by atoms with Gasteiger partial charge in [-0.2, -0.15) is 0 Å². The van der Waals surface area contributed by atoms with Crippen LogP contribution >= 0.6 is 0 Å². The number of piperazine rings is 1. The van der Waals surface area contributed by atoms with Gasteiger partial charge in [0.05, 0.1) is 32.3 Å². The van der Waals surface area contributed by atoms with E-state index in [1.807, 2.05) is 4.90 Å². The molecule has 240 valence electrons. The number of Topliss-reactive ketones (excluding diaryl/α,β-unsaturated/α-hetero) is 5. The minimum Gasteiger partial charge on any atom is -0.492 e. The number of carbonyl (C=O) groups is 6. The highest BCUT2D eigenvalue weighted by atomic mass is 16.5. The molecule has 6 unspecified atom stereocenters. The van der Waals surface area contributed by atoms with Crippen molar-refractivity contribution in [3.05, 3.63) is 56.6 Å². The highest BCUT2D eigenvalue weighted by Gasteiger charge is 2.62. The standard InChI is InChI=1S/C33H38N2O10/c1-9-13(2)33(42)45-12-20-21-17(26(37)15(4)31(43-7)29(21)40)11-19-24-22-23(27(38)16(5)32(44-8)30(22)41)28(39)25(34(24)6)18(35(19)20)10-14(3)36/h9,18-20,24-25,28,39H,10-12H2,1-8H3. The third-order valence-corrected chi connectivity index (χ3v) is 9.89. The summed E-state index contributed by atoms with van der Waals surface area (Å²) in [6.07, 6.45) is 0.00867. The van der Waals surface area contributed by atoms with E-state index in [1.54, 1.807) is 31.9 Å². The summed E-state index contributed by atoms with van der Waals surface area (Å²) < 4.78 is 16.4. The van der Waals surface area contributed by atoms with Gasteiger partial charge in [-0.05, 0) is 48.1 Å². The molecule has 5 rings (SSSR count). The Balaban J connectivity index is 1.76. The molecule has 0 radical (unpaired) electrons. The maximum atomic E-state index is 14.0. The fourth-order valence-corrected chi connectivity index (χ4v) is 7.79. The number of aliphatic hydroxyl groups is 1. The normalized spacial score (nSPS) is 30.8. The lowest BCUT2D eigenvalue weighted by atomic mass is 9.66. The fourth-order valence-electron chi connectivity index (χ4n) is 7.79. The summed E-state index contributed by atoms with van der Waals surface area (Å²) in [6, 6.07) is -4.27. The Morgan fingerprint density at radius 3 is 2.04 bits per heavy atom. The molecule has 5 aliphatic rings. The number of allylic oxidation sites excluding steroid dienone is 5. The zero-order chi connectivity index (χ0) is 33.2. The molecular formula is C33H38N2O10. The van der Waals surface area contributed by atoms with Crippen LogP contribution in [0.3, 0.4) is 0 Å². The van der Waals surface area contributed by atoms with Crippen LogP contribution in [0.15, 0.2) is 56.6 Å². The lowest BCUT2D eigenvalue weighted by Crippen LogP contribution is -2.77. The van der Waals surface area contributed by atoms with Crippen LogP contribution in [-0.2, 0) is 43.0 Å². The first-order chi connectivity index (χ1) is 21.2. The predicted molar refractivity (Wildman–Crippen MR) is 158 cm³/mol. The molecule has 3 heterocycles. The molecule has 0 aromatic carbocycles. The van der Waals surface area contributed by atoms with Gasteiger partial charge in [0.1, 0.15) is 18.5 Å². The first-order valence-corrected chi connectivity index (χ1v) is 14.9. The van der Waals surface area contributed by atoms with E-state index in [0.29, 0.717) is 5.57 Å². The number of methoxy groups -OCH3 is 2. The number of aliphatic hydroxyl groups excluding tert-OH is 1. The second kappa shape index (κ2) is 11.7. The number of rotatable bonds is 7. The molecule has 0 aromatic rings. The zero-order valence-corrected chi connectivity index (χ0v) is 26.7. The monoisotopic (exact) mass is 622 g/mol. The number of carbonyl (C=O) groups excluding carboxylic acids is 6. The van der Waals surface area contributed by atoms with Crippen molar-refractivity contribution in [2.24, 2.45) is 0 Å². The van der Waals surface area contributed by atoms with Crippen molar-refractivity contribution in [2.75, 3.05) is 27.9 Å². The first kappa shape index (κ1) is 32.4. The summed E-state index contributed by atoms with van der Waals surface area (Å²) in [5.41, 5.74) is 0.811. The van der Waals surface area contributed by atoms with Crippen molar-refractivity contribution >= 4 is 34.9 Å². The second-order valence-corrected chi connectivity index (χ2v) is 12.2. The number of esters is 1. The second-order valence-electron chi connectivity index (χ2n) is 12.2. The summed E-state index contributed by atoms with van der Waals surface area (Å²) in [7, 11) is 4.29. The maximum Gasteiger partial charge on any atom is 0.333 e. The molecule has 6 atom stereocenters. The molecule has 1 saturated heterocycles. The van der Waals surface area contributed by atoms with Gasteiger partial charge in [0.15, 0.2) is 23.1 Å². The van der Waals surface area contributed by atoms with Crippen LogP contribution in [0.25, 0.3) is 0 Å². The third-order valence-electron chi connectivity index (χ3n) is 9.89. The number of ether oxygens (including phenoxy) is 3. The van der Waals surface area contributed by atoms with Gasteiger partial charge in [-0.3, -0.25) is 33.8 Å². The van der Waals surface area contributed by atoms with Crippen molar-refractivity contribution in [2.45, 2.75) is 83.8 Å². The van der Waals surface area contributed by atoms with Crippen LogP contribution in [0.1, 0.15) is 47.5 Å². The Morgan fingerprint density at radius 1 is 0.911 bits per heavy atom. The number of likely N-dealkylation sites (N-methyl/N-ethyl adjacent to an activating group) is 1. The zero-order valence-electron chi connectivity index (χ0n) is 26.7. The van der Waals surface area contributed by atoms with Crippen LogP contribution in [0, 0.1) is 0 Å². The van der Waals surface area contributed by atoms with E-state index in [1.165, 1.54) is 35.0 Å². The highest BCUT2D eigenvalue weighted by molar-refractivity contribution is 6.26. The van der Waals surface area contributed by atoms with Crippen molar-refractivity contribution in [3.63, 3.8) is 0 Å². The Hall–Kier alpha value is -4.00. The number of hydrogen-bond donors (Lipinski definition) is 1. The molecular weight excluding hydrogens is 584 g/mol. The molecule has 1 N–H and O–H groups in total. The number of ketones is 5. The van der Waals surface area contributed by atoms with E-state index in [-0.39, 0.29) is 70.2 Å². The van der Waals surface area contributed by atoms with Crippen LogP contribution in [0.4, 0.5) is 0 Å². The summed E-state index contributed by atoms with van der Waals surface area (Å²) in [5.74, 6) is -3.15. The van der Waals surface area contributed by atoms with E-state index in [2.05, 4.69) is 0 Å². The molecule has 2 bridgehead atoms. The first-order valence-electron chi connectivity index (χ1n) is 14.9. The van der Waals surface area contributed by atoms with E-state index in [0.717, 1.165) is 0 Å². The van der Waals surface area contributed by atoms with Gasteiger partial charge in [-0.25, -0.2) is 4.79 Å². The van der Waals surface area contributed by atoms with Gasteiger partial charge in [0, 0.05) is 57.5 Å². The minimum absolute atomic E-state index is 0.0118. The number of nitrogens with zero attached hydrogens (tertiary/aromatic N) is 2. The summed E-state index contributed by atoms with van der Waals surface area (Å²) >= 11 is 0. The van der Waals surface area contributed by atoms with Gasteiger partial charge in [0.25, 0.3) is 0 Å². The lowest BCUT2D eigenvalue weighted by Gasteiger charge is -2.62. The molecule has 0 amide bonds. The summed E-state index contributed by atoms with van der Waals surface area (Å²) in [6.45, 7) is 7.27. The average molecular weight is 623 g/mol. The van der Waals surface area contributed by atoms with Gasteiger partial charge in [0.2, 0.25) is 11.6 Å². The Morgan fingerprint density at radius 2 is 1.49 bits per heavy atom. The molecule has 1 fully saturated rings. The lowest BCUT2D eigenvalue weighted by molar-refractivity contribution is -0.150. The molecule has 0 saturated carbocycles. The Kier molecular flexibility index (Phi) is 8.45. The van der Waals surface area contributed by atoms with Gasteiger partial charge in [-0.15, -0.1) is 0 Å². The fraction of sp³-hybridized carbons (Fsp3) is 0.515. The van der Waals surface area contributed by atoms with Crippen LogP contribution in [0.2, 0.25) is 0 Å². The van der Waals surface area contributed by atoms with Crippen molar-refractivity contribution in [1.29, 1.82) is 0 Å².